The normalized spacial score (nSPS) is 20.4. The number of anilines is 1. The van der Waals surface area contributed by atoms with Crippen molar-refractivity contribution in [3.63, 3.8) is 0 Å². The third kappa shape index (κ3) is 3.71. The fraction of sp³-hybridized carbons (Fsp3) is 0.625. The number of piperazine rings is 1. The highest BCUT2D eigenvalue weighted by Gasteiger charge is 2.30. The van der Waals surface area contributed by atoms with Crippen LogP contribution in [0.3, 0.4) is 0 Å². The Bertz CT molecular complexity index is 414. The van der Waals surface area contributed by atoms with Gasteiger partial charge in [0, 0.05) is 44.0 Å². The van der Waals surface area contributed by atoms with Crippen LogP contribution in [0.4, 0.5) is 5.69 Å². The largest absolute Gasteiger partial charge is 0.384 e. The molecule has 0 aliphatic carbocycles. The molecule has 3 heteroatoms. The highest BCUT2D eigenvalue weighted by atomic mass is 15.3. The third-order valence-corrected chi connectivity index (χ3v) is 4.28. The maximum Gasteiger partial charge on any atom is 0.0370 e. The topological polar surface area (TPSA) is 18.5 Å². The van der Waals surface area contributed by atoms with E-state index in [9.17, 15) is 0 Å². The smallest absolute Gasteiger partial charge is 0.0370 e. The van der Waals surface area contributed by atoms with E-state index in [0.717, 1.165) is 26.2 Å². The molecule has 19 heavy (non-hydrogen) atoms. The Morgan fingerprint density at radius 1 is 1.21 bits per heavy atom. The molecule has 1 aliphatic rings. The molecule has 106 valence electrons. The second-order valence-corrected chi connectivity index (χ2v) is 6.25. The summed E-state index contributed by atoms with van der Waals surface area (Å²) < 4.78 is 0. The lowest BCUT2D eigenvalue weighted by atomic mass is 10.00. The van der Waals surface area contributed by atoms with Gasteiger partial charge in [0.05, 0.1) is 0 Å². The molecule has 0 radical (unpaired) electrons. The van der Waals surface area contributed by atoms with Gasteiger partial charge in [0.25, 0.3) is 0 Å². The summed E-state index contributed by atoms with van der Waals surface area (Å²) in [6.07, 6.45) is 0. The Labute approximate surface area is 117 Å². The Kier molecular flexibility index (Phi) is 4.48. The first-order chi connectivity index (χ1) is 8.99. The van der Waals surface area contributed by atoms with Crippen molar-refractivity contribution in [1.29, 1.82) is 0 Å². The molecule has 0 spiro atoms. The zero-order chi connectivity index (χ0) is 13.9. The molecule has 1 heterocycles. The lowest BCUT2D eigenvalue weighted by molar-refractivity contribution is 0.0423. The van der Waals surface area contributed by atoms with Crippen molar-refractivity contribution < 1.29 is 0 Å². The minimum atomic E-state index is 0.293. The van der Waals surface area contributed by atoms with Crippen LogP contribution in [0.5, 0.6) is 0 Å². The second kappa shape index (κ2) is 5.93. The van der Waals surface area contributed by atoms with Crippen LogP contribution in [0, 0.1) is 6.92 Å². The molecule has 1 saturated heterocycles. The number of nitrogens with one attached hydrogen (secondary N) is 1. The molecule has 2 rings (SSSR count). The molecule has 0 atom stereocenters. The quantitative estimate of drug-likeness (QED) is 0.898. The van der Waals surface area contributed by atoms with Crippen LogP contribution >= 0.6 is 0 Å². The van der Waals surface area contributed by atoms with Crippen molar-refractivity contribution in [2.75, 3.05) is 45.1 Å². The van der Waals surface area contributed by atoms with Crippen LogP contribution in [-0.4, -0.2) is 55.1 Å². The number of nitrogens with zero attached hydrogens (tertiary/aromatic N) is 2. The van der Waals surface area contributed by atoms with Crippen LogP contribution in [-0.2, 0) is 0 Å². The minimum Gasteiger partial charge on any atom is -0.384 e. The van der Waals surface area contributed by atoms with Gasteiger partial charge in [-0.2, -0.15) is 0 Å². The van der Waals surface area contributed by atoms with E-state index in [1.54, 1.807) is 0 Å². The van der Waals surface area contributed by atoms with Crippen molar-refractivity contribution in [3.05, 3.63) is 29.8 Å². The van der Waals surface area contributed by atoms with E-state index in [-0.39, 0.29) is 0 Å². The molecule has 0 unspecified atom stereocenters. The van der Waals surface area contributed by atoms with Gasteiger partial charge in [-0.25, -0.2) is 0 Å². The highest BCUT2D eigenvalue weighted by molar-refractivity contribution is 5.50. The lowest BCUT2D eigenvalue weighted by Gasteiger charge is -2.45. The van der Waals surface area contributed by atoms with Gasteiger partial charge in [-0.15, -0.1) is 0 Å². The molecule has 1 fully saturated rings. The lowest BCUT2D eigenvalue weighted by Crippen LogP contribution is -2.58. The van der Waals surface area contributed by atoms with E-state index in [1.807, 2.05) is 0 Å². The van der Waals surface area contributed by atoms with Crippen molar-refractivity contribution in [2.45, 2.75) is 26.3 Å². The maximum absolute atomic E-state index is 3.54. The van der Waals surface area contributed by atoms with Gasteiger partial charge in [-0.1, -0.05) is 18.2 Å². The SMILES string of the molecule is Cc1ccccc1NCCN1CCN(C)C(C)(C)C1. The summed E-state index contributed by atoms with van der Waals surface area (Å²) in [5, 5.41) is 3.54. The molecule has 0 saturated carbocycles. The van der Waals surface area contributed by atoms with Gasteiger partial charge in [0.2, 0.25) is 0 Å². The van der Waals surface area contributed by atoms with Crippen LogP contribution < -0.4 is 5.32 Å². The fourth-order valence-corrected chi connectivity index (χ4v) is 2.65. The van der Waals surface area contributed by atoms with Crippen LogP contribution in [0.1, 0.15) is 19.4 Å². The molecular formula is C16H27N3. The molecule has 0 amide bonds. The molecule has 1 aliphatic heterocycles. The maximum atomic E-state index is 3.54. The number of hydrogen-bond acceptors (Lipinski definition) is 3. The minimum absolute atomic E-state index is 0.293. The first-order valence-electron chi connectivity index (χ1n) is 7.22. The van der Waals surface area contributed by atoms with Gasteiger partial charge < -0.3 is 5.32 Å². The van der Waals surface area contributed by atoms with Crippen LogP contribution in [0.2, 0.25) is 0 Å². The summed E-state index contributed by atoms with van der Waals surface area (Å²) in [5.41, 5.74) is 2.87. The Morgan fingerprint density at radius 2 is 1.95 bits per heavy atom. The van der Waals surface area contributed by atoms with E-state index < -0.39 is 0 Å². The number of rotatable bonds is 4. The zero-order valence-electron chi connectivity index (χ0n) is 12.7. The summed E-state index contributed by atoms with van der Waals surface area (Å²) in [7, 11) is 2.23. The van der Waals surface area contributed by atoms with Crippen molar-refractivity contribution in [2.24, 2.45) is 0 Å². The predicted octanol–water partition coefficient (Wildman–Crippen LogP) is 2.43. The van der Waals surface area contributed by atoms with Crippen molar-refractivity contribution >= 4 is 5.69 Å². The first kappa shape index (κ1) is 14.4. The standard InChI is InChI=1S/C16H27N3/c1-14-7-5-6-8-15(14)17-9-10-19-12-11-18(4)16(2,3)13-19/h5-8,17H,9-13H2,1-4H3. The predicted molar refractivity (Wildman–Crippen MR) is 82.8 cm³/mol. The van der Waals surface area contributed by atoms with Gasteiger partial charge in [0.15, 0.2) is 0 Å². The molecule has 0 aromatic heterocycles. The molecule has 1 aromatic rings. The van der Waals surface area contributed by atoms with E-state index >= 15 is 0 Å². The monoisotopic (exact) mass is 261 g/mol. The number of aryl methyl sites for hydroxylation is 1. The van der Waals surface area contributed by atoms with E-state index in [1.165, 1.54) is 17.8 Å². The number of likely N-dealkylation sites (N-methyl/N-ethyl adjacent to an activating group) is 1. The summed E-state index contributed by atoms with van der Waals surface area (Å²) in [5.74, 6) is 0. The summed E-state index contributed by atoms with van der Waals surface area (Å²) >= 11 is 0. The first-order valence-corrected chi connectivity index (χ1v) is 7.22. The van der Waals surface area contributed by atoms with E-state index in [4.69, 9.17) is 0 Å². The van der Waals surface area contributed by atoms with Gasteiger partial charge in [-0.3, -0.25) is 9.80 Å². The second-order valence-electron chi connectivity index (χ2n) is 6.25. The number of hydrogen-bond donors (Lipinski definition) is 1. The Morgan fingerprint density at radius 3 is 2.63 bits per heavy atom. The Balaban J connectivity index is 1.79. The van der Waals surface area contributed by atoms with Gasteiger partial charge in [-0.05, 0) is 39.4 Å². The van der Waals surface area contributed by atoms with E-state index in [2.05, 4.69) is 67.2 Å². The molecule has 1 aromatic carbocycles. The molecule has 0 bridgehead atoms. The van der Waals surface area contributed by atoms with Crippen LogP contribution in [0.15, 0.2) is 24.3 Å². The summed E-state index contributed by atoms with van der Waals surface area (Å²) in [4.78, 5) is 5.02. The number of benzene rings is 1. The zero-order valence-corrected chi connectivity index (χ0v) is 12.7. The van der Waals surface area contributed by atoms with Gasteiger partial charge >= 0.3 is 0 Å². The molecular weight excluding hydrogens is 234 g/mol. The third-order valence-electron chi connectivity index (χ3n) is 4.28. The van der Waals surface area contributed by atoms with Gasteiger partial charge in [0.1, 0.15) is 0 Å². The average molecular weight is 261 g/mol. The highest BCUT2D eigenvalue weighted by Crippen LogP contribution is 2.18. The molecule has 1 N–H and O–H groups in total. The van der Waals surface area contributed by atoms with Crippen molar-refractivity contribution in [1.82, 2.24) is 9.80 Å². The van der Waals surface area contributed by atoms with Crippen molar-refractivity contribution in [3.8, 4) is 0 Å². The Hall–Kier alpha value is -1.06. The van der Waals surface area contributed by atoms with Crippen LogP contribution in [0.25, 0.3) is 0 Å². The molecule has 3 nitrogen and oxygen atoms in total. The number of para-hydroxylation sites is 1. The fourth-order valence-electron chi connectivity index (χ4n) is 2.65. The summed E-state index contributed by atoms with van der Waals surface area (Å²) in [6.45, 7) is 12.4. The average Bonchev–Trinajstić information content (AvgIpc) is 2.36. The summed E-state index contributed by atoms with van der Waals surface area (Å²) in [6, 6.07) is 8.49. The van der Waals surface area contributed by atoms with E-state index in [0.29, 0.717) is 5.54 Å².